The third kappa shape index (κ3) is 7.28. The number of nitrogens with zero attached hydrogens (tertiary/aromatic N) is 4. The second-order valence-electron chi connectivity index (χ2n) is 9.25. The number of rotatable bonds is 10. The number of amides is 2. The molecule has 7 nitrogen and oxygen atoms in total. The van der Waals surface area contributed by atoms with Crippen molar-refractivity contribution in [3.05, 3.63) is 65.7 Å². The van der Waals surface area contributed by atoms with E-state index in [4.69, 9.17) is 0 Å². The van der Waals surface area contributed by atoms with Gasteiger partial charge >= 0.3 is 6.03 Å². The molecule has 2 N–H and O–H groups in total. The van der Waals surface area contributed by atoms with Gasteiger partial charge in [0.15, 0.2) is 0 Å². The highest BCUT2D eigenvalue weighted by Gasteiger charge is 2.13. The molecule has 1 aliphatic rings. The Bertz CT molecular complexity index is 1090. The maximum atomic E-state index is 13.4. The number of urea groups is 1. The van der Waals surface area contributed by atoms with E-state index in [0.29, 0.717) is 13.1 Å². The zero-order valence-corrected chi connectivity index (χ0v) is 20.5. The van der Waals surface area contributed by atoms with Crippen LogP contribution < -0.4 is 10.2 Å². The van der Waals surface area contributed by atoms with E-state index in [9.17, 15) is 9.18 Å². The maximum Gasteiger partial charge on any atom is 0.317 e. The number of halogens is 1. The first-order valence-corrected chi connectivity index (χ1v) is 12.6. The lowest BCUT2D eigenvalue weighted by Gasteiger charge is -2.28. The minimum atomic E-state index is -0.261. The Balaban J connectivity index is 1.13. The summed E-state index contributed by atoms with van der Waals surface area (Å²) < 4.78 is 13.4. The molecule has 0 saturated carbocycles. The van der Waals surface area contributed by atoms with Crippen molar-refractivity contribution in [1.29, 1.82) is 0 Å². The Labute approximate surface area is 206 Å². The smallest absolute Gasteiger partial charge is 0.317 e. The number of unbranched alkanes of at least 4 members (excludes halogenated alkanes) is 2. The van der Waals surface area contributed by atoms with Gasteiger partial charge in [-0.3, -0.25) is 5.10 Å². The third-order valence-electron chi connectivity index (χ3n) is 6.47. The number of H-pyrrole nitrogens is 1. The normalized spacial score (nSPS) is 13.6. The highest BCUT2D eigenvalue weighted by Crippen LogP contribution is 2.20. The number of hydrogen-bond acceptors (Lipinski definition) is 4. The number of carbonyl (C=O) groups is 1. The van der Waals surface area contributed by atoms with Gasteiger partial charge < -0.3 is 15.1 Å². The average Bonchev–Trinajstić information content (AvgIpc) is 3.37. The van der Waals surface area contributed by atoms with Crippen molar-refractivity contribution < 1.29 is 9.18 Å². The van der Waals surface area contributed by atoms with Gasteiger partial charge in [0.1, 0.15) is 11.6 Å². The molecular formula is C27H35FN6O. The highest BCUT2D eigenvalue weighted by atomic mass is 19.1. The van der Waals surface area contributed by atoms with Gasteiger partial charge in [0.05, 0.1) is 5.69 Å². The van der Waals surface area contributed by atoms with E-state index >= 15 is 0 Å². The zero-order valence-electron chi connectivity index (χ0n) is 20.5. The van der Waals surface area contributed by atoms with Crippen molar-refractivity contribution in [1.82, 2.24) is 25.4 Å². The number of hydrogen-bond donors (Lipinski definition) is 2. The third-order valence-corrected chi connectivity index (χ3v) is 6.47. The van der Waals surface area contributed by atoms with Crippen molar-refractivity contribution in [2.75, 3.05) is 31.6 Å². The van der Waals surface area contributed by atoms with Crippen molar-refractivity contribution in [3.8, 4) is 11.3 Å². The molecule has 0 atom stereocenters. The van der Waals surface area contributed by atoms with Crippen LogP contribution in [-0.2, 0) is 13.0 Å². The summed E-state index contributed by atoms with van der Waals surface area (Å²) in [6.07, 6.45) is 9.36. The molecule has 0 unspecified atom stereocenters. The average molecular weight is 479 g/mol. The quantitative estimate of drug-likeness (QED) is 0.395. The van der Waals surface area contributed by atoms with Gasteiger partial charge in [-0.1, -0.05) is 18.6 Å². The number of anilines is 1. The predicted octanol–water partition coefficient (Wildman–Crippen LogP) is 5.16. The van der Waals surface area contributed by atoms with E-state index in [0.717, 1.165) is 67.1 Å². The summed E-state index contributed by atoms with van der Waals surface area (Å²) in [6, 6.07) is 12.4. The second-order valence-corrected chi connectivity index (χ2v) is 9.25. The van der Waals surface area contributed by atoms with Crippen LogP contribution in [0.4, 0.5) is 15.0 Å². The van der Waals surface area contributed by atoms with Crippen LogP contribution in [-0.4, -0.2) is 52.8 Å². The fraction of sp³-hybridized carbons (Fsp3) is 0.444. The number of aryl methyl sites for hydroxylation is 1. The Morgan fingerprint density at radius 1 is 1.11 bits per heavy atom. The number of aromatic nitrogens is 3. The summed E-state index contributed by atoms with van der Waals surface area (Å²) in [5.41, 5.74) is 3.64. The first-order valence-electron chi connectivity index (χ1n) is 12.6. The fourth-order valence-electron chi connectivity index (χ4n) is 4.41. The summed E-state index contributed by atoms with van der Waals surface area (Å²) in [5.74, 6) is 0.744. The molecule has 4 rings (SSSR count). The molecule has 2 amide bonds. The molecular weight excluding hydrogens is 443 g/mol. The van der Waals surface area contributed by atoms with Crippen LogP contribution in [0, 0.1) is 5.82 Å². The SMILES string of the molecule is CN(CCCCCc1cc(-c2cccc(F)c2)n[nH]1)C(=O)NCc1ccnc(N2CCCCC2)c1. The molecule has 1 aliphatic heterocycles. The van der Waals surface area contributed by atoms with Crippen molar-refractivity contribution in [2.45, 2.75) is 51.5 Å². The fourth-order valence-corrected chi connectivity index (χ4v) is 4.41. The van der Waals surface area contributed by atoms with Crippen LogP contribution in [0.15, 0.2) is 48.7 Å². The molecule has 8 heteroatoms. The molecule has 0 spiro atoms. The lowest BCUT2D eigenvalue weighted by Crippen LogP contribution is -2.37. The predicted molar refractivity (Wildman–Crippen MR) is 137 cm³/mol. The molecule has 0 aliphatic carbocycles. The summed E-state index contributed by atoms with van der Waals surface area (Å²) in [5, 5.41) is 10.4. The van der Waals surface area contributed by atoms with Gasteiger partial charge in [0.25, 0.3) is 0 Å². The lowest BCUT2D eigenvalue weighted by atomic mass is 10.1. The molecule has 35 heavy (non-hydrogen) atoms. The zero-order chi connectivity index (χ0) is 24.5. The lowest BCUT2D eigenvalue weighted by molar-refractivity contribution is 0.207. The molecule has 0 bridgehead atoms. The molecule has 3 heterocycles. The topological polar surface area (TPSA) is 77.1 Å². The van der Waals surface area contributed by atoms with Crippen LogP contribution in [0.5, 0.6) is 0 Å². The summed E-state index contributed by atoms with van der Waals surface area (Å²) in [7, 11) is 1.83. The van der Waals surface area contributed by atoms with E-state index in [1.165, 1.54) is 31.4 Å². The number of pyridine rings is 1. The van der Waals surface area contributed by atoms with Crippen LogP contribution in [0.25, 0.3) is 11.3 Å². The number of aromatic amines is 1. The van der Waals surface area contributed by atoms with Gasteiger partial charge in [-0.25, -0.2) is 14.2 Å². The van der Waals surface area contributed by atoms with Crippen LogP contribution in [0.2, 0.25) is 0 Å². The number of nitrogens with one attached hydrogen (secondary N) is 2. The Kier molecular flexibility index (Phi) is 8.70. The molecule has 186 valence electrons. The molecule has 1 saturated heterocycles. The minimum absolute atomic E-state index is 0.0605. The highest BCUT2D eigenvalue weighted by molar-refractivity contribution is 5.73. The Hall–Kier alpha value is -3.42. The van der Waals surface area contributed by atoms with Gasteiger partial charge in [0.2, 0.25) is 0 Å². The van der Waals surface area contributed by atoms with Crippen LogP contribution >= 0.6 is 0 Å². The Morgan fingerprint density at radius 2 is 1.97 bits per heavy atom. The molecule has 1 fully saturated rings. The second kappa shape index (κ2) is 12.3. The van der Waals surface area contributed by atoms with Gasteiger partial charge in [-0.05, 0) is 74.4 Å². The first kappa shape index (κ1) is 24.7. The van der Waals surface area contributed by atoms with Crippen LogP contribution in [0.3, 0.4) is 0 Å². The first-order chi connectivity index (χ1) is 17.1. The summed E-state index contributed by atoms with van der Waals surface area (Å²) >= 11 is 0. The number of piperidine rings is 1. The van der Waals surface area contributed by atoms with E-state index in [1.807, 2.05) is 31.4 Å². The number of benzene rings is 1. The van der Waals surface area contributed by atoms with E-state index < -0.39 is 0 Å². The van der Waals surface area contributed by atoms with E-state index in [1.54, 1.807) is 11.0 Å². The molecule has 2 aromatic heterocycles. The van der Waals surface area contributed by atoms with Crippen molar-refractivity contribution >= 4 is 11.8 Å². The summed E-state index contributed by atoms with van der Waals surface area (Å²) in [6.45, 7) is 3.32. The monoisotopic (exact) mass is 478 g/mol. The van der Waals surface area contributed by atoms with Crippen LogP contribution in [0.1, 0.15) is 49.8 Å². The van der Waals surface area contributed by atoms with Gasteiger partial charge in [-0.15, -0.1) is 0 Å². The largest absolute Gasteiger partial charge is 0.357 e. The molecule has 0 radical (unpaired) electrons. The maximum absolute atomic E-state index is 13.4. The van der Waals surface area contributed by atoms with Gasteiger partial charge in [-0.2, -0.15) is 5.10 Å². The number of carbonyl (C=O) groups excluding carboxylic acids is 1. The van der Waals surface area contributed by atoms with Crippen molar-refractivity contribution in [3.63, 3.8) is 0 Å². The van der Waals surface area contributed by atoms with E-state index in [-0.39, 0.29) is 11.8 Å². The standard InChI is InChI=1S/C27H35FN6O/c1-33(27(35)30-20-21-12-13-29-26(17-21)34-15-6-3-7-16-34)14-5-2-4-11-24-19-25(32-31-24)22-9-8-10-23(28)18-22/h8-10,12-13,17-19H,2-7,11,14-16,20H2,1H3,(H,30,35)(H,31,32). The molecule has 1 aromatic carbocycles. The molecule has 3 aromatic rings. The van der Waals surface area contributed by atoms with Crippen molar-refractivity contribution in [2.24, 2.45) is 0 Å². The Morgan fingerprint density at radius 3 is 2.80 bits per heavy atom. The van der Waals surface area contributed by atoms with E-state index in [2.05, 4.69) is 31.5 Å². The van der Waals surface area contributed by atoms with Gasteiger partial charge in [0, 0.05) is 50.7 Å². The summed E-state index contributed by atoms with van der Waals surface area (Å²) in [4.78, 5) is 21.1. The minimum Gasteiger partial charge on any atom is -0.357 e.